The highest BCUT2D eigenvalue weighted by molar-refractivity contribution is 5.29. The van der Waals surface area contributed by atoms with Crippen LogP contribution in [0.1, 0.15) is 25.4 Å². The lowest BCUT2D eigenvalue weighted by atomic mass is 10.1. The minimum absolute atomic E-state index is 0.609. The van der Waals surface area contributed by atoms with Crippen molar-refractivity contribution in [2.45, 2.75) is 26.8 Å². The van der Waals surface area contributed by atoms with E-state index in [0.717, 1.165) is 30.3 Å². The summed E-state index contributed by atoms with van der Waals surface area (Å²) in [7, 11) is 1.91. The number of aromatic nitrogens is 4. The van der Waals surface area contributed by atoms with Crippen molar-refractivity contribution in [1.29, 1.82) is 0 Å². The highest BCUT2D eigenvalue weighted by Gasteiger charge is 2.07. The van der Waals surface area contributed by atoms with Gasteiger partial charge >= 0.3 is 0 Å². The standard InChI is InChI=1S/C10H17N5/c1-7(2)4-9-13-10-12-8(5-11-3)6-15(10)14-9/h6-7,11H,4-5H2,1-3H3,(H,12,13,14). The Morgan fingerprint density at radius 3 is 2.87 bits per heavy atom. The number of hydrogen-bond acceptors (Lipinski definition) is 3. The third kappa shape index (κ3) is 2.18. The number of hydrogen-bond donors (Lipinski definition) is 2. The molecular weight excluding hydrogens is 190 g/mol. The van der Waals surface area contributed by atoms with Gasteiger partial charge in [0, 0.05) is 13.0 Å². The van der Waals surface area contributed by atoms with E-state index in [1.165, 1.54) is 0 Å². The molecule has 0 aromatic carbocycles. The Kier molecular flexibility index (Phi) is 2.73. The van der Waals surface area contributed by atoms with E-state index in [1.807, 2.05) is 17.8 Å². The van der Waals surface area contributed by atoms with E-state index >= 15 is 0 Å². The molecule has 0 bridgehead atoms. The van der Waals surface area contributed by atoms with Crippen LogP contribution in [0.5, 0.6) is 0 Å². The number of rotatable bonds is 4. The molecule has 82 valence electrons. The smallest absolute Gasteiger partial charge is 0.250 e. The molecule has 0 aliphatic heterocycles. The summed E-state index contributed by atoms with van der Waals surface area (Å²) < 4.78 is 1.88. The highest BCUT2D eigenvalue weighted by Crippen LogP contribution is 2.06. The van der Waals surface area contributed by atoms with E-state index in [9.17, 15) is 0 Å². The molecule has 0 radical (unpaired) electrons. The summed E-state index contributed by atoms with van der Waals surface area (Å²) in [5.74, 6) is 2.37. The van der Waals surface area contributed by atoms with Gasteiger partial charge in [-0.05, 0) is 13.0 Å². The van der Waals surface area contributed by atoms with Crippen LogP contribution in [0, 0.1) is 5.92 Å². The fraction of sp³-hybridized carbons (Fsp3) is 0.600. The molecule has 2 aromatic heterocycles. The Hall–Kier alpha value is -1.36. The summed E-state index contributed by atoms with van der Waals surface area (Å²) in [5, 5.41) is 6.29. The van der Waals surface area contributed by atoms with Crippen LogP contribution in [0.15, 0.2) is 6.20 Å². The van der Waals surface area contributed by atoms with Crippen LogP contribution < -0.4 is 5.32 Å². The summed E-state index contributed by atoms with van der Waals surface area (Å²) in [4.78, 5) is 8.81. The summed E-state index contributed by atoms with van der Waals surface area (Å²) in [5.41, 5.74) is 1.01. The number of H-pyrrole nitrogens is 1. The van der Waals surface area contributed by atoms with Gasteiger partial charge in [0.15, 0.2) is 0 Å². The minimum atomic E-state index is 0.609. The monoisotopic (exact) mass is 207 g/mol. The maximum absolute atomic E-state index is 4.42. The highest BCUT2D eigenvalue weighted by atomic mass is 15.3. The first-order chi connectivity index (χ1) is 7.19. The van der Waals surface area contributed by atoms with Gasteiger partial charge in [0.1, 0.15) is 5.82 Å². The SMILES string of the molecule is CNCc1cn2[nH]c(CC(C)C)nc2n1. The van der Waals surface area contributed by atoms with Crippen molar-refractivity contribution in [2.24, 2.45) is 5.92 Å². The van der Waals surface area contributed by atoms with Crippen molar-refractivity contribution in [3.63, 3.8) is 0 Å². The lowest BCUT2D eigenvalue weighted by molar-refractivity contribution is 0.619. The molecule has 0 saturated carbocycles. The van der Waals surface area contributed by atoms with E-state index in [4.69, 9.17) is 0 Å². The molecule has 0 aliphatic rings. The van der Waals surface area contributed by atoms with Gasteiger partial charge in [-0.15, -0.1) is 0 Å². The van der Waals surface area contributed by atoms with E-state index in [2.05, 4.69) is 34.2 Å². The van der Waals surface area contributed by atoms with Gasteiger partial charge in [-0.2, -0.15) is 4.98 Å². The Morgan fingerprint density at radius 2 is 2.27 bits per heavy atom. The number of aromatic amines is 1. The zero-order chi connectivity index (χ0) is 10.8. The van der Waals surface area contributed by atoms with Crippen molar-refractivity contribution in [2.75, 3.05) is 7.05 Å². The summed E-state index contributed by atoms with van der Waals surface area (Å²) in [6.45, 7) is 5.13. The van der Waals surface area contributed by atoms with Crippen LogP contribution in [0.4, 0.5) is 0 Å². The molecule has 0 aliphatic carbocycles. The number of nitrogens with one attached hydrogen (secondary N) is 2. The first kappa shape index (κ1) is 10.2. The Bertz CT molecular complexity index is 408. The second-order valence-electron chi connectivity index (χ2n) is 4.20. The largest absolute Gasteiger partial charge is 0.314 e. The first-order valence-corrected chi connectivity index (χ1v) is 5.26. The maximum atomic E-state index is 4.42. The van der Waals surface area contributed by atoms with Crippen LogP contribution in [0.25, 0.3) is 5.78 Å². The molecule has 0 saturated heterocycles. The quantitative estimate of drug-likeness (QED) is 0.785. The van der Waals surface area contributed by atoms with Crippen molar-refractivity contribution < 1.29 is 0 Å². The van der Waals surface area contributed by atoms with Crippen LogP contribution in [0.3, 0.4) is 0 Å². The third-order valence-corrected chi connectivity index (χ3v) is 2.18. The molecule has 0 spiro atoms. The Labute approximate surface area is 88.9 Å². The average molecular weight is 207 g/mol. The van der Waals surface area contributed by atoms with E-state index < -0.39 is 0 Å². The van der Waals surface area contributed by atoms with Crippen LogP contribution >= 0.6 is 0 Å². The third-order valence-electron chi connectivity index (χ3n) is 2.18. The molecular formula is C10H17N5. The molecule has 5 nitrogen and oxygen atoms in total. The molecule has 0 amide bonds. The molecule has 0 fully saturated rings. The average Bonchev–Trinajstić information content (AvgIpc) is 2.60. The van der Waals surface area contributed by atoms with Crippen molar-refractivity contribution >= 4 is 5.78 Å². The zero-order valence-corrected chi connectivity index (χ0v) is 9.41. The number of fused-ring (bicyclic) bond motifs is 1. The molecule has 0 unspecified atom stereocenters. The summed E-state index contributed by atoms with van der Waals surface area (Å²) in [6, 6.07) is 0. The predicted octanol–water partition coefficient (Wildman–Crippen LogP) is 0.975. The van der Waals surface area contributed by atoms with Gasteiger partial charge in [-0.3, -0.25) is 5.10 Å². The predicted molar refractivity (Wildman–Crippen MR) is 58.6 cm³/mol. The van der Waals surface area contributed by atoms with Crippen LogP contribution in [-0.4, -0.2) is 26.6 Å². The normalized spacial score (nSPS) is 11.7. The van der Waals surface area contributed by atoms with Crippen molar-refractivity contribution in [3.05, 3.63) is 17.7 Å². The first-order valence-electron chi connectivity index (χ1n) is 5.26. The van der Waals surface area contributed by atoms with Crippen LogP contribution in [-0.2, 0) is 13.0 Å². The van der Waals surface area contributed by atoms with Gasteiger partial charge in [-0.25, -0.2) is 9.50 Å². The van der Waals surface area contributed by atoms with Gasteiger partial charge in [0.05, 0.1) is 11.9 Å². The number of imidazole rings is 1. The van der Waals surface area contributed by atoms with Crippen molar-refractivity contribution in [3.8, 4) is 0 Å². The lowest BCUT2D eigenvalue weighted by Crippen LogP contribution is -2.05. The van der Waals surface area contributed by atoms with E-state index in [0.29, 0.717) is 5.92 Å². The number of nitrogens with zero attached hydrogens (tertiary/aromatic N) is 3. The molecule has 2 rings (SSSR count). The molecule has 0 atom stereocenters. The molecule has 2 heterocycles. The Balaban J connectivity index is 2.22. The van der Waals surface area contributed by atoms with Gasteiger partial charge in [0.2, 0.25) is 0 Å². The topological polar surface area (TPSA) is 58.0 Å². The molecule has 2 aromatic rings. The van der Waals surface area contributed by atoms with Crippen LogP contribution in [0.2, 0.25) is 0 Å². The second-order valence-corrected chi connectivity index (χ2v) is 4.20. The maximum Gasteiger partial charge on any atom is 0.250 e. The second kappa shape index (κ2) is 4.02. The van der Waals surface area contributed by atoms with Gasteiger partial charge in [0.25, 0.3) is 5.78 Å². The summed E-state index contributed by atoms with van der Waals surface area (Å²) in [6.07, 6.45) is 2.94. The van der Waals surface area contributed by atoms with E-state index in [1.54, 1.807) is 0 Å². The molecule has 5 heteroatoms. The molecule has 15 heavy (non-hydrogen) atoms. The Morgan fingerprint density at radius 1 is 1.47 bits per heavy atom. The lowest BCUT2D eigenvalue weighted by Gasteiger charge is -1.98. The van der Waals surface area contributed by atoms with Gasteiger partial charge in [-0.1, -0.05) is 13.8 Å². The summed E-state index contributed by atoms with van der Waals surface area (Å²) >= 11 is 0. The van der Waals surface area contributed by atoms with Gasteiger partial charge < -0.3 is 5.32 Å². The van der Waals surface area contributed by atoms with E-state index in [-0.39, 0.29) is 0 Å². The fourth-order valence-corrected chi connectivity index (χ4v) is 1.61. The van der Waals surface area contributed by atoms with Crippen molar-refractivity contribution in [1.82, 2.24) is 24.9 Å². The zero-order valence-electron chi connectivity index (χ0n) is 9.41. The fourth-order valence-electron chi connectivity index (χ4n) is 1.61. The minimum Gasteiger partial charge on any atom is -0.314 e. The molecule has 2 N–H and O–H groups in total.